The third-order valence-corrected chi connectivity index (χ3v) is 6.93. The second-order valence-corrected chi connectivity index (χ2v) is 9.95. The molecular formula is C29H39FN4O5. The van der Waals surface area contributed by atoms with Gasteiger partial charge in [-0.15, -0.1) is 0 Å². The summed E-state index contributed by atoms with van der Waals surface area (Å²) >= 11 is 0. The van der Waals surface area contributed by atoms with E-state index < -0.39 is 35.8 Å². The van der Waals surface area contributed by atoms with Gasteiger partial charge in [0.1, 0.15) is 6.04 Å². The number of carbonyl (C=O) groups excluding carboxylic acids is 3. The van der Waals surface area contributed by atoms with Crippen LogP contribution in [0.5, 0.6) is 5.75 Å². The normalized spacial score (nSPS) is 19.8. The van der Waals surface area contributed by atoms with E-state index in [1.165, 1.54) is 29.6 Å². The highest BCUT2D eigenvalue weighted by Crippen LogP contribution is 2.21. The lowest BCUT2D eigenvalue weighted by Gasteiger charge is -2.31. The first-order valence-corrected chi connectivity index (χ1v) is 13.4. The van der Waals surface area contributed by atoms with E-state index >= 15 is 0 Å². The van der Waals surface area contributed by atoms with Crippen LogP contribution in [0.25, 0.3) is 0 Å². The molecular weight excluding hydrogens is 503 g/mol. The van der Waals surface area contributed by atoms with Crippen molar-refractivity contribution in [1.82, 2.24) is 15.5 Å². The van der Waals surface area contributed by atoms with Gasteiger partial charge in [0, 0.05) is 26.6 Å². The van der Waals surface area contributed by atoms with Crippen molar-refractivity contribution in [3.05, 3.63) is 65.0 Å². The number of fused-ring (bicyclic) bond motifs is 13. The van der Waals surface area contributed by atoms with E-state index in [-0.39, 0.29) is 44.1 Å². The van der Waals surface area contributed by atoms with Crippen molar-refractivity contribution in [3.8, 4) is 5.75 Å². The number of carbonyl (C=O) groups is 3. The Morgan fingerprint density at radius 2 is 2.00 bits per heavy atom. The summed E-state index contributed by atoms with van der Waals surface area (Å²) in [5.41, 5.74) is 8.20. The number of aliphatic hydroxyl groups is 1. The van der Waals surface area contributed by atoms with Gasteiger partial charge in [-0.2, -0.15) is 0 Å². The maximum absolute atomic E-state index is 14.7. The molecule has 0 fully saturated rings. The molecule has 2 aromatic rings. The number of hydrogen-bond donors (Lipinski definition) is 4. The van der Waals surface area contributed by atoms with Gasteiger partial charge in [0.05, 0.1) is 25.2 Å². The number of aliphatic hydroxyl groups excluding tert-OH is 1. The van der Waals surface area contributed by atoms with Crippen LogP contribution in [0, 0.1) is 5.82 Å². The summed E-state index contributed by atoms with van der Waals surface area (Å²) in [7, 11) is 1.46. The molecule has 2 bridgehead atoms. The molecule has 3 amide bonds. The first-order chi connectivity index (χ1) is 18.7. The molecule has 5 N–H and O–H groups in total. The number of rotatable bonds is 8. The highest BCUT2D eigenvalue weighted by Gasteiger charge is 2.32. The summed E-state index contributed by atoms with van der Waals surface area (Å²) in [5, 5.41) is 17.1. The highest BCUT2D eigenvalue weighted by molar-refractivity contribution is 5.91. The number of nitrogens with one attached hydrogen (secondary N) is 2. The Hall–Kier alpha value is -3.50. The van der Waals surface area contributed by atoms with Crippen molar-refractivity contribution in [2.24, 2.45) is 5.73 Å². The number of nitrogens with zero attached hydrogens (tertiary/aromatic N) is 1. The second-order valence-electron chi connectivity index (χ2n) is 9.95. The summed E-state index contributed by atoms with van der Waals surface area (Å²) < 4.78 is 20.3. The Bertz CT molecular complexity index is 1140. The Morgan fingerprint density at radius 1 is 1.23 bits per heavy atom. The summed E-state index contributed by atoms with van der Waals surface area (Å²) in [4.78, 5) is 39.1. The number of aryl methyl sites for hydroxylation is 1. The monoisotopic (exact) mass is 542 g/mol. The fraction of sp³-hybridized carbons (Fsp3) is 0.483. The van der Waals surface area contributed by atoms with Crippen molar-refractivity contribution < 1.29 is 28.6 Å². The summed E-state index contributed by atoms with van der Waals surface area (Å²) in [6.07, 6.45) is 0.691. The maximum atomic E-state index is 14.7. The van der Waals surface area contributed by atoms with Crippen LogP contribution in [0.1, 0.15) is 49.3 Å². The number of benzene rings is 2. The predicted molar refractivity (Wildman–Crippen MR) is 145 cm³/mol. The molecule has 2 aromatic carbocycles. The topological polar surface area (TPSA) is 134 Å². The molecule has 0 radical (unpaired) electrons. The van der Waals surface area contributed by atoms with Crippen LogP contribution >= 0.6 is 0 Å². The van der Waals surface area contributed by atoms with Gasteiger partial charge in [-0.1, -0.05) is 37.3 Å². The molecule has 0 spiro atoms. The van der Waals surface area contributed by atoms with Gasteiger partial charge >= 0.3 is 0 Å². The van der Waals surface area contributed by atoms with Crippen LogP contribution < -0.4 is 21.1 Å². The molecule has 0 saturated heterocycles. The predicted octanol–water partition coefficient (Wildman–Crippen LogP) is 1.83. The van der Waals surface area contributed by atoms with E-state index in [1.807, 2.05) is 18.2 Å². The fourth-order valence-electron chi connectivity index (χ4n) is 4.58. The first kappa shape index (κ1) is 30.0. The highest BCUT2D eigenvalue weighted by atomic mass is 19.1. The largest absolute Gasteiger partial charge is 0.491 e. The van der Waals surface area contributed by atoms with Crippen LogP contribution in [-0.2, 0) is 33.8 Å². The van der Waals surface area contributed by atoms with E-state index in [1.54, 1.807) is 6.07 Å². The lowest BCUT2D eigenvalue weighted by Crippen LogP contribution is -2.55. The van der Waals surface area contributed by atoms with Crippen molar-refractivity contribution >= 4 is 17.7 Å². The van der Waals surface area contributed by atoms with E-state index in [4.69, 9.17) is 10.5 Å². The summed E-state index contributed by atoms with van der Waals surface area (Å²) in [5.74, 6) is -2.12. The minimum absolute atomic E-state index is 0.105. The van der Waals surface area contributed by atoms with Gasteiger partial charge in [0.25, 0.3) is 0 Å². The SMILES string of the molecule is CCc1cccc(CNC[C@@H](O)[C@@H]2Cc3ccc(c(F)c3)OCCCCC(=O)N(C)C(CC(N)=O)C(=O)N2)c1. The van der Waals surface area contributed by atoms with E-state index in [9.17, 15) is 23.9 Å². The molecule has 212 valence electrons. The van der Waals surface area contributed by atoms with E-state index in [2.05, 4.69) is 23.6 Å². The molecule has 2 aliphatic rings. The fourth-order valence-corrected chi connectivity index (χ4v) is 4.58. The van der Waals surface area contributed by atoms with E-state index in [0.29, 0.717) is 24.9 Å². The van der Waals surface area contributed by atoms with Gasteiger partial charge < -0.3 is 31.1 Å². The molecule has 39 heavy (non-hydrogen) atoms. The van der Waals surface area contributed by atoms with Crippen molar-refractivity contribution in [2.75, 3.05) is 20.2 Å². The Morgan fingerprint density at radius 3 is 2.72 bits per heavy atom. The third kappa shape index (κ3) is 9.04. The van der Waals surface area contributed by atoms with Gasteiger partial charge in [-0.3, -0.25) is 14.4 Å². The minimum Gasteiger partial charge on any atom is -0.491 e. The van der Waals surface area contributed by atoms with Crippen LogP contribution in [-0.4, -0.2) is 66.1 Å². The van der Waals surface area contributed by atoms with Crippen LogP contribution in [0.15, 0.2) is 42.5 Å². The average Bonchev–Trinajstić information content (AvgIpc) is 2.91. The zero-order chi connectivity index (χ0) is 28.4. The molecule has 2 aliphatic heterocycles. The summed E-state index contributed by atoms with van der Waals surface area (Å²) in [6, 6.07) is 10.7. The number of nitrogens with two attached hydrogens (primary N) is 1. The zero-order valence-corrected chi connectivity index (χ0v) is 22.6. The smallest absolute Gasteiger partial charge is 0.243 e. The van der Waals surface area contributed by atoms with E-state index in [0.717, 1.165) is 12.0 Å². The van der Waals surface area contributed by atoms with Gasteiger partial charge in [-0.05, 0) is 54.5 Å². The van der Waals surface area contributed by atoms with Crippen molar-refractivity contribution in [1.29, 1.82) is 0 Å². The average molecular weight is 543 g/mol. The van der Waals surface area contributed by atoms with Gasteiger partial charge in [0.15, 0.2) is 11.6 Å². The second kappa shape index (κ2) is 14.6. The number of ether oxygens (including phenoxy) is 1. The zero-order valence-electron chi connectivity index (χ0n) is 22.6. The maximum Gasteiger partial charge on any atom is 0.243 e. The van der Waals surface area contributed by atoms with Crippen LogP contribution in [0.3, 0.4) is 0 Å². The first-order valence-electron chi connectivity index (χ1n) is 13.4. The Labute approximate surface area is 228 Å². The molecule has 1 unspecified atom stereocenters. The Balaban J connectivity index is 1.82. The number of amides is 3. The standard InChI is InChI=1S/C29H39FN4O5/c1-3-19-7-6-8-21(13-19)17-32-18-25(35)23-15-20-10-11-26(22(30)14-20)39-12-5-4-9-28(37)34(2)24(16-27(31)36)29(38)33-23/h6-8,10-11,13-14,23-25,32,35H,3-5,9,12,15-18H2,1-2H3,(H2,31,36)(H,33,38)/t23-,24?,25+/m0/s1. The number of hydrogen-bond acceptors (Lipinski definition) is 6. The number of primary amides is 1. The van der Waals surface area contributed by atoms with Gasteiger partial charge in [0.2, 0.25) is 17.7 Å². The molecule has 2 heterocycles. The molecule has 3 atom stereocenters. The minimum atomic E-state index is -1.14. The molecule has 0 aromatic heterocycles. The lowest BCUT2D eigenvalue weighted by molar-refractivity contribution is -0.141. The van der Waals surface area contributed by atoms with Crippen molar-refractivity contribution in [3.63, 3.8) is 0 Å². The molecule has 4 rings (SSSR count). The van der Waals surface area contributed by atoms with Crippen LogP contribution in [0.4, 0.5) is 4.39 Å². The number of halogens is 1. The summed E-state index contributed by atoms with van der Waals surface area (Å²) in [6.45, 7) is 2.95. The lowest BCUT2D eigenvalue weighted by atomic mass is 9.99. The molecule has 10 heteroatoms. The van der Waals surface area contributed by atoms with Gasteiger partial charge in [-0.25, -0.2) is 4.39 Å². The molecule has 9 nitrogen and oxygen atoms in total. The quantitative estimate of drug-likeness (QED) is 0.402. The third-order valence-electron chi connectivity index (χ3n) is 6.93. The van der Waals surface area contributed by atoms with Crippen molar-refractivity contribution in [2.45, 2.75) is 70.2 Å². The van der Waals surface area contributed by atoms with Crippen LogP contribution in [0.2, 0.25) is 0 Å². The molecule has 0 saturated carbocycles. The Kier molecular flexibility index (Phi) is 11.2. The molecule has 0 aliphatic carbocycles. The number of likely N-dealkylation sites (N-methyl/N-ethyl adjacent to an activating group) is 1.